The molecule has 0 fully saturated rings. The Kier molecular flexibility index (Phi) is 8.52. The fourth-order valence-electron chi connectivity index (χ4n) is 3.96. The van der Waals surface area contributed by atoms with Gasteiger partial charge in [-0.15, -0.1) is 0 Å². The van der Waals surface area contributed by atoms with Crippen molar-refractivity contribution in [1.82, 2.24) is 9.21 Å². The first-order valence-corrected chi connectivity index (χ1v) is 13.0. The van der Waals surface area contributed by atoms with Crippen LogP contribution in [0.3, 0.4) is 0 Å². The summed E-state index contributed by atoms with van der Waals surface area (Å²) in [5.74, 6) is 0.0256. The molecule has 1 heterocycles. The lowest BCUT2D eigenvalue weighted by Gasteiger charge is -2.37. The van der Waals surface area contributed by atoms with Crippen molar-refractivity contribution in [2.45, 2.75) is 44.2 Å². The number of hydrogen-bond acceptors (Lipinski definition) is 5. The maximum atomic E-state index is 13.5. The summed E-state index contributed by atoms with van der Waals surface area (Å²) in [7, 11) is -2.17. The number of carbonyl (C=O) groups is 1. The molecule has 0 radical (unpaired) electrons. The van der Waals surface area contributed by atoms with Gasteiger partial charge in [0.05, 0.1) is 13.2 Å². The molecule has 34 heavy (non-hydrogen) atoms. The highest BCUT2D eigenvalue weighted by Gasteiger charge is 2.38. The first-order valence-electron chi connectivity index (χ1n) is 11.6. The minimum absolute atomic E-state index is 0.00849. The van der Waals surface area contributed by atoms with Gasteiger partial charge in [0.15, 0.2) is 0 Å². The average Bonchev–Trinajstić information content (AvgIpc) is 2.84. The maximum absolute atomic E-state index is 13.5. The van der Waals surface area contributed by atoms with Gasteiger partial charge in [-0.3, -0.25) is 4.79 Å². The first-order chi connectivity index (χ1) is 16.2. The third-order valence-corrected chi connectivity index (χ3v) is 8.16. The molecule has 2 aromatic rings. The van der Waals surface area contributed by atoms with Gasteiger partial charge in [-0.1, -0.05) is 62.4 Å². The number of sulfonamides is 1. The van der Waals surface area contributed by atoms with Gasteiger partial charge in [-0.2, -0.15) is 4.31 Å². The van der Waals surface area contributed by atoms with Crippen molar-refractivity contribution in [1.29, 1.82) is 0 Å². The van der Waals surface area contributed by atoms with Crippen LogP contribution in [-0.2, 0) is 14.8 Å². The molecule has 184 valence electrons. The topological polar surface area (TPSA) is 87.2 Å². The second-order valence-electron chi connectivity index (χ2n) is 8.82. The Bertz CT molecular complexity index is 1120. The molecule has 0 saturated heterocycles. The predicted octanol–water partition coefficient (Wildman–Crippen LogP) is 3.49. The van der Waals surface area contributed by atoms with E-state index < -0.39 is 22.2 Å². The van der Waals surface area contributed by atoms with E-state index in [9.17, 15) is 18.3 Å². The minimum atomic E-state index is -3.90. The van der Waals surface area contributed by atoms with Crippen molar-refractivity contribution < 1.29 is 23.1 Å². The van der Waals surface area contributed by atoms with Gasteiger partial charge in [0, 0.05) is 32.0 Å². The molecule has 7 nitrogen and oxygen atoms in total. The van der Waals surface area contributed by atoms with E-state index in [1.807, 2.05) is 49.4 Å². The van der Waals surface area contributed by atoms with Gasteiger partial charge < -0.3 is 14.7 Å². The monoisotopic (exact) mass is 486 g/mol. The van der Waals surface area contributed by atoms with Crippen molar-refractivity contribution in [2.75, 3.05) is 26.7 Å². The Labute approximate surface area is 202 Å². The largest absolute Gasteiger partial charge is 0.487 e. The Hall–Kier alpha value is -2.68. The Morgan fingerprint density at radius 3 is 2.53 bits per heavy atom. The van der Waals surface area contributed by atoms with Crippen LogP contribution in [0, 0.1) is 5.92 Å². The summed E-state index contributed by atoms with van der Waals surface area (Å²) >= 11 is 0. The lowest BCUT2D eigenvalue weighted by molar-refractivity contribution is -0.131. The van der Waals surface area contributed by atoms with Crippen LogP contribution in [0.2, 0.25) is 0 Å². The van der Waals surface area contributed by atoms with E-state index in [4.69, 9.17) is 4.74 Å². The molecule has 0 saturated carbocycles. The highest BCUT2D eigenvalue weighted by atomic mass is 32.2. The summed E-state index contributed by atoms with van der Waals surface area (Å²) in [5, 5.41) is 9.75. The number of fused-ring (bicyclic) bond motifs is 1. The molecule has 1 aliphatic rings. The summed E-state index contributed by atoms with van der Waals surface area (Å²) in [4.78, 5) is 13.9. The quantitative estimate of drug-likeness (QED) is 0.606. The number of aliphatic hydroxyl groups is 1. The highest BCUT2D eigenvalue weighted by molar-refractivity contribution is 7.89. The van der Waals surface area contributed by atoms with Gasteiger partial charge in [0.1, 0.15) is 16.7 Å². The molecule has 1 aliphatic heterocycles. The lowest BCUT2D eigenvalue weighted by Crippen LogP contribution is -2.50. The van der Waals surface area contributed by atoms with Crippen LogP contribution < -0.4 is 4.74 Å². The average molecular weight is 487 g/mol. The summed E-state index contributed by atoms with van der Waals surface area (Å²) in [6, 6.07) is 14.2. The summed E-state index contributed by atoms with van der Waals surface area (Å²) in [5.41, 5.74) is 1.82. The van der Waals surface area contributed by atoms with Gasteiger partial charge in [-0.25, -0.2) is 8.42 Å². The molecule has 1 amide bonds. The standard InChI is InChI=1S/C26H34N2O5S/c1-5-26(30)27(4)17-24-19(2)16-28(20(3)18-29)34(31,32)25-14-13-22(15-23(25)33-24)12-11-21-9-7-6-8-10-21/h6-15,19-20,24,29H,5,16-18H2,1-4H3/b12-11+/t19-,20-,24-/m1/s1. The molecule has 3 atom stereocenters. The molecule has 8 heteroatoms. The van der Waals surface area contributed by atoms with E-state index in [0.717, 1.165) is 11.1 Å². The van der Waals surface area contributed by atoms with E-state index >= 15 is 0 Å². The molecule has 3 rings (SSSR count). The second kappa shape index (κ2) is 11.2. The lowest BCUT2D eigenvalue weighted by atomic mass is 10.0. The van der Waals surface area contributed by atoms with Crippen LogP contribution in [0.4, 0.5) is 0 Å². The smallest absolute Gasteiger partial charge is 0.247 e. The number of ether oxygens (including phenoxy) is 1. The molecule has 0 spiro atoms. The third-order valence-electron chi connectivity index (χ3n) is 6.14. The number of hydrogen-bond donors (Lipinski definition) is 1. The van der Waals surface area contributed by atoms with Gasteiger partial charge in [0.25, 0.3) is 0 Å². The summed E-state index contributed by atoms with van der Waals surface area (Å²) < 4.78 is 34.7. The molecule has 2 aromatic carbocycles. The van der Waals surface area contributed by atoms with Crippen molar-refractivity contribution in [3.8, 4) is 5.75 Å². The SMILES string of the molecule is CCC(=O)N(C)C[C@H]1Oc2cc(/C=C/c3ccccc3)ccc2S(=O)(=O)N([C@H](C)CO)C[C@H]1C. The highest BCUT2D eigenvalue weighted by Crippen LogP contribution is 2.34. The normalized spacial score (nSPS) is 21.2. The number of benzene rings is 2. The van der Waals surface area contributed by atoms with Crippen LogP contribution in [0.25, 0.3) is 12.2 Å². The third kappa shape index (κ3) is 5.87. The molecule has 1 N–H and O–H groups in total. The maximum Gasteiger partial charge on any atom is 0.247 e. The molecular weight excluding hydrogens is 452 g/mol. The van der Waals surface area contributed by atoms with Crippen molar-refractivity contribution in [3.63, 3.8) is 0 Å². The predicted molar refractivity (Wildman–Crippen MR) is 134 cm³/mol. The molecule has 0 unspecified atom stereocenters. The van der Waals surface area contributed by atoms with Crippen LogP contribution in [0.15, 0.2) is 53.4 Å². The van der Waals surface area contributed by atoms with E-state index in [1.54, 1.807) is 44.0 Å². The number of likely N-dealkylation sites (N-methyl/N-ethyl adjacent to an activating group) is 1. The van der Waals surface area contributed by atoms with Crippen molar-refractivity contribution in [3.05, 3.63) is 59.7 Å². The number of carbonyl (C=O) groups excluding carboxylic acids is 1. The second-order valence-corrected chi connectivity index (χ2v) is 10.7. The number of aliphatic hydroxyl groups excluding tert-OH is 1. The van der Waals surface area contributed by atoms with Crippen LogP contribution in [0.5, 0.6) is 5.75 Å². The summed E-state index contributed by atoms with van der Waals surface area (Å²) in [6.45, 7) is 5.62. The van der Waals surface area contributed by atoms with Gasteiger partial charge in [-0.05, 0) is 30.2 Å². The van der Waals surface area contributed by atoms with E-state index in [2.05, 4.69) is 0 Å². The zero-order chi connectivity index (χ0) is 24.9. The number of nitrogens with zero attached hydrogens (tertiary/aromatic N) is 2. The molecule has 0 bridgehead atoms. The van der Waals surface area contributed by atoms with E-state index in [1.165, 1.54) is 4.31 Å². The zero-order valence-electron chi connectivity index (χ0n) is 20.2. The van der Waals surface area contributed by atoms with Crippen LogP contribution in [0.1, 0.15) is 38.3 Å². The Morgan fingerprint density at radius 1 is 1.21 bits per heavy atom. The van der Waals surface area contributed by atoms with E-state index in [-0.39, 0.29) is 35.6 Å². The zero-order valence-corrected chi connectivity index (χ0v) is 21.0. The molecular formula is C26H34N2O5S. The van der Waals surface area contributed by atoms with E-state index in [0.29, 0.717) is 13.0 Å². The number of rotatable bonds is 7. The van der Waals surface area contributed by atoms with Gasteiger partial charge in [0.2, 0.25) is 15.9 Å². The Morgan fingerprint density at radius 2 is 1.88 bits per heavy atom. The summed E-state index contributed by atoms with van der Waals surface area (Å²) in [6.07, 6.45) is 3.82. The molecule has 0 aromatic heterocycles. The minimum Gasteiger partial charge on any atom is -0.487 e. The fraction of sp³-hybridized carbons (Fsp3) is 0.423. The number of amides is 1. The van der Waals surface area contributed by atoms with Gasteiger partial charge >= 0.3 is 0 Å². The van der Waals surface area contributed by atoms with Crippen LogP contribution in [-0.4, -0.2) is 67.5 Å². The Balaban J connectivity index is 2.04. The first kappa shape index (κ1) is 25.9. The van der Waals surface area contributed by atoms with Crippen LogP contribution >= 0.6 is 0 Å². The van der Waals surface area contributed by atoms with Crippen molar-refractivity contribution >= 4 is 28.1 Å². The van der Waals surface area contributed by atoms with Crippen molar-refractivity contribution in [2.24, 2.45) is 5.92 Å². The molecule has 0 aliphatic carbocycles. The fourth-order valence-corrected chi connectivity index (χ4v) is 5.79.